The molecule has 14 nitrogen and oxygen atoms in total. The zero-order valence-corrected chi connectivity index (χ0v) is 36.1. The van der Waals surface area contributed by atoms with Gasteiger partial charge in [0.25, 0.3) is 5.91 Å². The Labute approximate surface area is 343 Å². The number of rotatable bonds is 14. The first-order chi connectivity index (χ1) is 27.0. The summed E-state index contributed by atoms with van der Waals surface area (Å²) in [7, 11) is 3.14. The van der Waals surface area contributed by atoms with Crippen LogP contribution in [0.25, 0.3) is 0 Å². The van der Waals surface area contributed by atoms with Gasteiger partial charge < -0.3 is 35.8 Å². The highest BCUT2D eigenvalue weighted by molar-refractivity contribution is 6.38. The van der Waals surface area contributed by atoms with E-state index in [0.717, 1.165) is 38.5 Å². The van der Waals surface area contributed by atoms with Crippen LogP contribution in [0.3, 0.4) is 0 Å². The number of piperidine rings is 1. The molecule has 1 saturated heterocycles. The number of amides is 6. The zero-order valence-electron chi connectivity index (χ0n) is 36.1. The number of Topliss-reactive ketones (excluding diaryl/α,β-unsaturated/α-hetero) is 1. The Kier molecular flexibility index (Phi) is 13.4. The topological polar surface area (TPSA) is 183 Å². The minimum absolute atomic E-state index is 0.0458. The molecular formula is C44H66N6O8. The molecule has 1 heterocycles. The lowest BCUT2D eigenvalue weighted by molar-refractivity contribution is -0.145. The standard InChI is InChI=1S/C44H66N6O8/c1-42(2,3)28-20-18-27(19-21-28)34(48-41(57)58-43(4,5)6)40(56)50-24-29-32(44(29,7)8)35(50)37(53)46-30(22-25-16-17-25)36(52)38(54)45-23-31(51)47-33(39(55)49(9)10)26-14-12-11-13-15-26/h11-15,25,27-30,32-35H,16-24H2,1-10H3,(H,45,54)(H,46,53)(H,47,51)(H,48,57)/t27?,28?,29-,30?,32-,33-,34-,35-/m0/s1. The summed E-state index contributed by atoms with van der Waals surface area (Å²) in [6.07, 6.45) is 4.55. The van der Waals surface area contributed by atoms with E-state index in [0.29, 0.717) is 18.0 Å². The molecule has 0 radical (unpaired) electrons. The summed E-state index contributed by atoms with van der Waals surface area (Å²) in [6, 6.07) is 4.72. The van der Waals surface area contributed by atoms with E-state index in [4.69, 9.17) is 4.74 Å². The SMILES string of the molecule is CN(C)C(=O)[C@@H](NC(=O)CNC(=O)C(=O)C(CC1CC1)NC(=O)[C@@H]1[C@@H]2[C@H](CN1C(=O)[C@@H](NC(=O)OC(C)(C)C)C1CCC(C(C)(C)C)CC1)C2(C)C)c1ccccc1. The van der Waals surface area contributed by atoms with Crippen LogP contribution in [-0.4, -0.2) is 102 Å². The molecule has 3 saturated carbocycles. The summed E-state index contributed by atoms with van der Waals surface area (Å²) in [6.45, 7) is 15.8. The van der Waals surface area contributed by atoms with Crippen molar-refractivity contribution in [3.63, 3.8) is 0 Å². The number of carbonyl (C=O) groups excluding carboxylic acids is 7. The van der Waals surface area contributed by atoms with Gasteiger partial charge in [0.2, 0.25) is 29.4 Å². The Morgan fingerprint density at radius 1 is 0.862 bits per heavy atom. The number of ether oxygens (including phenoxy) is 1. The van der Waals surface area contributed by atoms with Crippen molar-refractivity contribution >= 4 is 41.4 Å². The normalized spacial score (nSPS) is 25.2. The molecule has 1 unspecified atom stereocenters. The van der Waals surface area contributed by atoms with E-state index < -0.39 is 65.9 Å². The van der Waals surface area contributed by atoms with Crippen LogP contribution in [0.15, 0.2) is 30.3 Å². The fourth-order valence-electron chi connectivity index (χ4n) is 9.11. The van der Waals surface area contributed by atoms with Crippen molar-refractivity contribution in [1.82, 2.24) is 31.1 Å². The molecule has 1 aliphatic heterocycles. The summed E-state index contributed by atoms with van der Waals surface area (Å²) < 4.78 is 5.60. The van der Waals surface area contributed by atoms with Crippen molar-refractivity contribution in [2.24, 2.45) is 40.4 Å². The van der Waals surface area contributed by atoms with Crippen LogP contribution in [0, 0.1) is 40.4 Å². The number of alkyl carbamates (subject to hydrolysis) is 1. The lowest BCUT2D eigenvalue weighted by Gasteiger charge is -2.41. The van der Waals surface area contributed by atoms with Gasteiger partial charge >= 0.3 is 6.09 Å². The molecule has 320 valence electrons. The van der Waals surface area contributed by atoms with Crippen molar-refractivity contribution in [2.75, 3.05) is 27.2 Å². The summed E-state index contributed by atoms with van der Waals surface area (Å²) >= 11 is 0. The maximum Gasteiger partial charge on any atom is 0.408 e. The number of likely N-dealkylation sites (tertiary alicyclic amines) is 1. The van der Waals surface area contributed by atoms with E-state index in [1.54, 1.807) is 70.1 Å². The average Bonchev–Trinajstić information content (AvgIpc) is 4.00. The highest BCUT2D eigenvalue weighted by Gasteiger charge is 2.70. The molecule has 3 aliphatic carbocycles. The molecule has 14 heteroatoms. The van der Waals surface area contributed by atoms with Gasteiger partial charge in [0, 0.05) is 20.6 Å². The van der Waals surface area contributed by atoms with Crippen LogP contribution in [0.2, 0.25) is 0 Å². The Bertz CT molecular complexity index is 1720. The smallest absolute Gasteiger partial charge is 0.408 e. The number of fused-ring (bicyclic) bond motifs is 1. The van der Waals surface area contributed by atoms with Crippen LogP contribution in [0.5, 0.6) is 0 Å². The van der Waals surface area contributed by atoms with Crippen molar-refractivity contribution in [3.8, 4) is 0 Å². The second-order valence-electron chi connectivity index (χ2n) is 19.9. The molecule has 0 spiro atoms. The highest BCUT2D eigenvalue weighted by Crippen LogP contribution is 2.65. The van der Waals surface area contributed by atoms with Crippen molar-refractivity contribution in [1.29, 1.82) is 0 Å². The van der Waals surface area contributed by atoms with Gasteiger partial charge in [0.15, 0.2) is 0 Å². The summed E-state index contributed by atoms with van der Waals surface area (Å²) in [5.74, 6) is -3.48. The van der Waals surface area contributed by atoms with E-state index in [1.807, 2.05) is 0 Å². The van der Waals surface area contributed by atoms with Crippen molar-refractivity contribution in [2.45, 2.75) is 130 Å². The first kappa shape index (κ1) is 44.6. The second-order valence-corrected chi connectivity index (χ2v) is 19.9. The Morgan fingerprint density at radius 3 is 2.03 bits per heavy atom. The first-order valence-electron chi connectivity index (χ1n) is 21.0. The van der Waals surface area contributed by atoms with Gasteiger partial charge in [-0.25, -0.2) is 4.79 Å². The number of ketones is 1. The lowest BCUT2D eigenvalue weighted by atomic mass is 9.68. The van der Waals surface area contributed by atoms with E-state index in [1.165, 1.54) is 4.90 Å². The Morgan fingerprint density at radius 2 is 1.48 bits per heavy atom. The van der Waals surface area contributed by atoms with Gasteiger partial charge in [-0.15, -0.1) is 0 Å². The molecule has 0 aromatic heterocycles. The van der Waals surface area contributed by atoms with Gasteiger partial charge in [0.05, 0.1) is 12.6 Å². The number of nitrogens with zero attached hydrogens (tertiary/aromatic N) is 2. The third kappa shape index (κ3) is 10.8. The minimum Gasteiger partial charge on any atom is -0.444 e. The molecule has 1 aromatic rings. The van der Waals surface area contributed by atoms with Gasteiger partial charge in [-0.05, 0) is 98.9 Å². The quantitative estimate of drug-likeness (QED) is 0.203. The minimum atomic E-state index is -1.17. The Balaban J connectivity index is 1.29. The number of hydrogen-bond acceptors (Lipinski definition) is 8. The third-order valence-corrected chi connectivity index (χ3v) is 12.8. The Hall–Kier alpha value is -4.49. The van der Waals surface area contributed by atoms with Gasteiger partial charge in [0.1, 0.15) is 23.7 Å². The predicted octanol–water partition coefficient (Wildman–Crippen LogP) is 4.13. The molecule has 4 fully saturated rings. The van der Waals surface area contributed by atoms with Gasteiger partial charge in [-0.1, -0.05) is 77.8 Å². The van der Waals surface area contributed by atoms with Crippen LogP contribution >= 0.6 is 0 Å². The van der Waals surface area contributed by atoms with Crippen LogP contribution in [0.4, 0.5) is 4.79 Å². The van der Waals surface area contributed by atoms with Crippen molar-refractivity contribution in [3.05, 3.63) is 35.9 Å². The van der Waals surface area contributed by atoms with Gasteiger partial charge in [-0.3, -0.25) is 28.8 Å². The fourth-order valence-corrected chi connectivity index (χ4v) is 9.11. The summed E-state index contributed by atoms with van der Waals surface area (Å²) in [5.41, 5.74) is -0.337. The van der Waals surface area contributed by atoms with Crippen LogP contribution < -0.4 is 21.3 Å². The molecule has 0 bridgehead atoms. The monoisotopic (exact) mass is 806 g/mol. The molecule has 4 aliphatic rings. The van der Waals surface area contributed by atoms with Crippen LogP contribution in [-0.2, 0) is 33.5 Å². The number of hydrogen-bond donors (Lipinski definition) is 4. The zero-order chi connectivity index (χ0) is 42.9. The molecule has 4 N–H and O–H groups in total. The van der Waals surface area contributed by atoms with E-state index >= 15 is 0 Å². The van der Waals surface area contributed by atoms with Gasteiger partial charge in [-0.2, -0.15) is 0 Å². The van der Waals surface area contributed by atoms with E-state index in [2.05, 4.69) is 55.9 Å². The average molecular weight is 807 g/mol. The third-order valence-electron chi connectivity index (χ3n) is 12.8. The highest BCUT2D eigenvalue weighted by atomic mass is 16.6. The number of likely N-dealkylation sites (N-methyl/N-ethyl adjacent to an activating group) is 1. The predicted molar refractivity (Wildman–Crippen MR) is 218 cm³/mol. The van der Waals surface area contributed by atoms with Crippen molar-refractivity contribution < 1.29 is 38.3 Å². The first-order valence-corrected chi connectivity index (χ1v) is 21.0. The van der Waals surface area contributed by atoms with Crippen LogP contribution in [0.1, 0.15) is 112 Å². The fraction of sp³-hybridized carbons (Fsp3) is 0.705. The molecule has 1 aromatic carbocycles. The maximum absolute atomic E-state index is 14.7. The molecule has 5 rings (SSSR count). The summed E-state index contributed by atoms with van der Waals surface area (Å²) in [4.78, 5) is 98.2. The molecular weight excluding hydrogens is 741 g/mol. The second kappa shape index (κ2) is 17.4. The maximum atomic E-state index is 14.7. The van der Waals surface area contributed by atoms with E-state index in [9.17, 15) is 33.6 Å². The van der Waals surface area contributed by atoms with E-state index in [-0.39, 0.29) is 52.7 Å². The number of carbonyl (C=O) groups is 7. The number of benzene rings is 1. The summed E-state index contributed by atoms with van der Waals surface area (Å²) in [5, 5.41) is 10.8. The lowest BCUT2D eigenvalue weighted by Crippen LogP contribution is -2.60. The number of nitrogens with one attached hydrogen (secondary N) is 4. The molecule has 6 amide bonds. The largest absolute Gasteiger partial charge is 0.444 e. The molecule has 58 heavy (non-hydrogen) atoms. The molecule has 6 atom stereocenters.